The van der Waals surface area contributed by atoms with Crippen molar-refractivity contribution < 1.29 is 9.53 Å². The number of aromatic nitrogens is 4. The van der Waals surface area contributed by atoms with Crippen LogP contribution in [0.2, 0.25) is 0 Å². The summed E-state index contributed by atoms with van der Waals surface area (Å²) in [5.41, 5.74) is 0.833. The minimum atomic E-state index is -0.403. The van der Waals surface area contributed by atoms with Gasteiger partial charge in [-0.25, -0.2) is 0 Å². The average molecular weight is 330 g/mol. The van der Waals surface area contributed by atoms with Gasteiger partial charge in [0.15, 0.2) is 0 Å². The molecule has 8 nitrogen and oxygen atoms in total. The first-order chi connectivity index (χ1) is 11.8. The fraction of sp³-hybridized carbons (Fsp3) is 0.500. The fourth-order valence-corrected chi connectivity index (χ4v) is 2.67. The average Bonchev–Trinajstić information content (AvgIpc) is 3.30. The molecule has 3 rings (SSSR count). The van der Waals surface area contributed by atoms with E-state index >= 15 is 0 Å². The fourth-order valence-electron chi connectivity index (χ4n) is 2.67. The topological polar surface area (TPSA) is 94.0 Å². The van der Waals surface area contributed by atoms with E-state index in [9.17, 15) is 4.79 Å². The number of amides is 1. The molecule has 2 aromatic rings. The Bertz CT molecular complexity index is 654. The molecule has 0 unspecified atom stereocenters. The van der Waals surface area contributed by atoms with Gasteiger partial charge in [-0.1, -0.05) is 30.2 Å². The molecule has 1 aliphatic heterocycles. The highest BCUT2D eigenvalue weighted by atomic mass is 16.5. The van der Waals surface area contributed by atoms with Gasteiger partial charge >= 0.3 is 0 Å². The Morgan fingerprint density at radius 3 is 2.96 bits per heavy atom. The van der Waals surface area contributed by atoms with Crippen molar-refractivity contribution >= 4 is 11.9 Å². The summed E-state index contributed by atoms with van der Waals surface area (Å²) in [4.78, 5) is 12.4. The van der Waals surface area contributed by atoms with Crippen LogP contribution in [0.25, 0.3) is 5.69 Å². The molecule has 1 fully saturated rings. The summed E-state index contributed by atoms with van der Waals surface area (Å²) in [6.07, 6.45) is 2.80. The van der Waals surface area contributed by atoms with Gasteiger partial charge in [-0.2, -0.15) is 4.68 Å². The van der Waals surface area contributed by atoms with Gasteiger partial charge in [0.2, 0.25) is 11.9 Å². The first-order valence-electron chi connectivity index (χ1n) is 8.27. The van der Waals surface area contributed by atoms with Crippen molar-refractivity contribution in [2.45, 2.75) is 38.3 Å². The summed E-state index contributed by atoms with van der Waals surface area (Å²) in [5, 5.41) is 17.7. The number of para-hydroxylation sites is 1. The van der Waals surface area contributed by atoms with E-state index in [0.29, 0.717) is 18.9 Å². The standard InChI is InChI=1S/C16H22N6O2/c1-2-14(15(23)17-11-13-9-6-10-24-13)18-16-19-20-21-22(16)12-7-4-3-5-8-12/h3-5,7-8,13-14H,2,6,9-11H2,1H3,(H,17,23)(H,18,19,21)/t13-,14-/m0/s1. The monoisotopic (exact) mass is 330 g/mol. The van der Waals surface area contributed by atoms with E-state index in [-0.39, 0.29) is 12.0 Å². The minimum absolute atomic E-state index is 0.0735. The summed E-state index contributed by atoms with van der Waals surface area (Å²) < 4.78 is 7.11. The molecule has 1 aromatic heterocycles. The summed E-state index contributed by atoms with van der Waals surface area (Å²) >= 11 is 0. The molecule has 2 atom stereocenters. The lowest BCUT2D eigenvalue weighted by Crippen LogP contribution is -2.42. The third-order valence-electron chi connectivity index (χ3n) is 4.03. The molecule has 0 aliphatic carbocycles. The van der Waals surface area contributed by atoms with Crippen molar-refractivity contribution in [3.8, 4) is 5.69 Å². The van der Waals surface area contributed by atoms with Gasteiger partial charge in [0.1, 0.15) is 6.04 Å². The zero-order valence-electron chi connectivity index (χ0n) is 13.7. The van der Waals surface area contributed by atoms with Crippen LogP contribution in [0.15, 0.2) is 30.3 Å². The van der Waals surface area contributed by atoms with Crippen LogP contribution in [-0.4, -0.2) is 51.4 Å². The Morgan fingerprint density at radius 1 is 1.42 bits per heavy atom. The van der Waals surface area contributed by atoms with Gasteiger partial charge in [-0.3, -0.25) is 4.79 Å². The number of nitrogens with zero attached hydrogens (tertiary/aromatic N) is 4. The summed E-state index contributed by atoms with van der Waals surface area (Å²) in [6, 6.07) is 9.15. The van der Waals surface area contributed by atoms with E-state index in [0.717, 1.165) is 25.1 Å². The predicted molar refractivity (Wildman–Crippen MR) is 88.8 cm³/mol. The maximum Gasteiger partial charge on any atom is 0.248 e. The highest BCUT2D eigenvalue weighted by Gasteiger charge is 2.22. The van der Waals surface area contributed by atoms with E-state index in [1.165, 1.54) is 0 Å². The zero-order chi connectivity index (χ0) is 16.8. The van der Waals surface area contributed by atoms with Crippen molar-refractivity contribution in [3.05, 3.63) is 30.3 Å². The van der Waals surface area contributed by atoms with Gasteiger partial charge in [-0.15, -0.1) is 0 Å². The van der Waals surface area contributed by atoms with Crippen LogP contribution in [0.5, 0.6) is 0 Å². The van der Waals surface area contributed by atoms with E-state index in [1.54, 1.807) is 4.68 Å². The van der Waals surface area contributed by atoms with Crippen molar-refractivity contribution in [3.63, 3.8) is 0 Å². The number of hydrogen-bond donors (Lipinski definition) is 2. The Hall–Kier alpha value is -2.48. The van der Waals surface area contributed by atoms with Crippen molar-refractivity contribution in [2.75, 3.05) is 18.5 Å². The lowest BCUT2D eigenvalue weighted by molar-refractivity contribution is -0.122. The molecular weight excluding hydrogens is 308 g/mol. The molecule has 2 N–H and O–H groups in total. The van der Waals surface area contributed by atoms with Gasteiger partial charge in [0.25, 0.3) is 0 Å². The van der Waals surface area contributed by atoms with E-state index in [1.807, 2.05) is 37.3 Å². The number of tetrazole rings is 1. The molecule has 0 spiro atoms. The summed E-state index contributed by atoms with van der Waals surface area (Å²) in [7, 11) is 0. The molecular formula is C16H22N6O2. The van der Waals surface area contributed by atoms with Crippen LogP contribution in [0.4, 0.5) is 5.95 Å². The number of nitrogens with one attached hydrogen (secondary N) is 2. The van der Waals surface area contributed by atoms with Crippen LogP contribution < -0.4 is 10.6 Å². The van der Waals surface area contributed by atoms with Gasteiger partial charge in [0, 0.05) is 13.2 Å². The number of carbonyl (C=O) groups excluding carboxylic acids is 1. The second-order valence-electron chi connectivity index (χ2n) is 5.74. The van der Waals surface area contributed by atoms with Crippen molar-refractivity contribution in [1.82, 2.24) is 25.5 Å². The van der Waals surface area contributed by atoms with E-state index in [2.05, 4.69) is 26.2 Å². The molecule has 1 saturated heterocycles. The number of rotatable bonds is 7. The molecule has 0 radical (unpaired) electrons. The van der Waals surface area contributed by atoms with Crippen LogP contribution in [-0.2, 0) is 9.53 Å². The maximum atomic E-state index is 12.4. The quantitative estimate of drug-likeness (QED) is 0.791. The van der Waals surface area contributed by atoms with Gasteiger partial charge in [0.05, 0.1) is 11.8 Å². The van der Waals surface area contributed by atoms with E-state index in [4.69, 9.17) is 4.74 Å². The SMILES string of the molecule is CC[C@H](Nc1nnnn1-c1ccccc1)C(=O)NC[C@@H]1CCCO1. The largest absolute Gasteiger partial charge is 0.376 e. The van der Waals surface area contributed by atoms with Crippen LogP contribution in [0.1, 0.15) is 26.2 Å². The molecule has 1 aromatic carbocycles. The predicted octanol–water partition coefficient (Wildman–Crippen LogP) is 1.15. The van der Waals surface area contributed by atoms with Crippen molar-refractivity contribution in [2.24, 2.45) is 0 Å². The lowest BCUT2D eigenvalue weighted by atomic mass is 10.2. The number of hydrogen-bond acceptors (Lipinski definition) is 6. The Morgan fingerprint density at radius 2 is 2.25 bits per heavy atom. The number of ether oxygens (including phenoxy) is 1. The molecule has 0 saturated carbocycles. The number of benzene rings is 1. The zero-order valence-corrected chi connectivity index (χ0v) is 13.7. The highest BCUT2D eigenvalue weighted by molar-refractivity contribution is 5.84. The maximum absolute atomic E-state index is 12.4. The minimum Gasteiger partial charge on any atom is -0.376 e. The third-order valence-corrected chi connectivity index (χ3v) is 4.03. The first-order valence-corrected chi connectivity index (χ1v) is 8.27. The van der Waals surface area contributed by atoms with Crippen LogP contribution >= 0.6 is 0 Å². The van der Waals surface area contributed by atoms with Crippen molar-refractivity contribution in [1.29, 1.82) is 0 Å². The number of carbonyl (C=O) groups is 1. The van der Waals surface area contributed by atoms with E-state index < -0.39 is 6.04 Å². The summed E-state index contributed by atoms with van der Waals surface area (Å²) in [6.45, 7) is 3.27. The molecule has 0 bridgehead atoms. The first kappa shape index (κ1) is 16.4. The summed E-state index contributed by atoms with van der Waals surface area (Å²) in [5.74, 6) is 0.371. The van der Waals surface area contributed by atoms with Gasteiger partial charge < -0.3 is 15.4 Å². The second-order valence-corrected chi connectivity index (χ2v) is 5.74. The normalized spacial score (nSPS) is 18.3. The molecule has 24 heavy (non-hydrogen) atoms. The Balaban J connectivity index is 1.63. The molecule has 1 amide bonds. The highest BCUT2D eigenvalue weighted by Crippen LogP contribution is 2.13. The molecule has 8 heteroatoms. The Kier molecular flexibility index (Phi) is 5.37. The molecule has 1 aliphatic rings. The van der Waals surface area contributed by atoms with Gasteiger partial charge in [-0.05, 0) is 41.8 Å². The number of anilines is 1. The smallest absolute Gasteiger partial charge is 0.248 e. The lowest BCUT2D eigenvalue weighted by Gasteiger charge is -2.18. The Labute approximate surface area is 140 Å². The van der Waals surface area contributed by atoms with Crippen LogP contribution in [0.3, 0.4) is 0 Å². The van der Waals surface area contributed by atoms with Crippen LogP contribution in [0, 0.1) is 0 Å². The molecule has 128 valence electrons. The second kappa shape index (κ2) is 7.87. The third kappa shape index (κ3) is 3.88. The molecule has 2 heterocycles.